The average molecular weight is 150 g/mol. The molecule has 0 radical (unpaired) electrons. The van der Waals surface area contributed by atoms with Crippen LogP contribution in [0.15, 0.2) is 0 Å². The van der Waals surface area contributed by atoms with Crippen LogP contribution in [0.5, 0.6) is 0 Å². The molecule has 1 saturated carbocycles. The number of rotatable bonds is 2. The first kappa shape index (κ1) is 8.65. The Morgan fingerprint density at radius 3 is 2.36 bits per heavy atom. The largest absolute Gasteiger partial charge is 0.120 e. The Bertz CT molecular complexity index is 153. The SMILES string of the molecule is C#CC(C)(C)CC1CCCC1. The first-order chi connectivity index (χ1) is 5.14. The summed E-state index contributed by atoms with van der Waals surface area (Å²) in [5.74, 6) is 3.79. The lowest BCUT2D eigenvalue weighted by Crippen LogP contribution is -2.12. The maximum Gasteiger partial charge on any atom is 0.0258 e. The fourth-order valence-corrected chi connectivity index (χ4v) is 2.00. The number of terminal acetylenes is 1. The van der Waals surface area contributed by atoms with Gasteiger partial charge in [0.25, 0.3) is 0 Å². The van der Waals surface area contributed by atoms with Crippen LogP contribution in [-0.4, -0.2) is 0 Å². The molecular formula is C11H18. The van der Waals surface area contributed by atoms with Crippen molar-refractivity contribution in [3.05, 3.63) is 0 Å². The number of hydrogen-bond donors (Lipinski definition) is 0. The highest BCUT2D eigenvalue weighted by Gasteiger charge is 2.23. The molecule has 0 unspecified atom stereocenters. The van der Waals surface area contributed by atoms with Gasteiger partial charge in [-0.2, -0.15) is 0 Å². The van der Waals surface area contributed by atoms with Crippen molar-refractivity contribution in [3.63, 3.8) is 0 Å². The molecule has 0 aromatic rings. The summed E-state index contributed by atoms with van der Waals surface area (Å²) in [5.41, 5.74) is 0.134. The fourth-order valence-electron chi connectivity index (χ4n) is 2.00. The van der Waals surface area contributed by atoms with Gasteiger partial charge in [-0.1, -0.05) is 25.7 Å². The molecule has 0 spiro atoms. The quantitative estimate of drug-likeness (QED) is 0.530. The van der Waals surface area contributed by atoms with Gasteiger partial charge >= 0.3 is 0 Å². The lowest BCUT2D eigenvalue weighted by Gasteiger charge is -2.21. The summed E-state index contributed by atoms with van der Waals surface area (Å²) in [7, 11) is 0. The van der Waals surface area contributed by atoms with Crippen LogP contribution in [-0.2, 0) is 0 Å². The van der Waals surface area contributed by atoms with E-state index >= 15 is 0 Å². The Labute approximate surface area is 70.4 Å². The van der Waals surface area contributed by atoms with Crippen molar-refractivity contribution in [1.82, 2.24) is 0 Å². The molecule has 1 aliphatic rings. The smallest absolute Gasteiger partial charge is 0.0258 e. The van der Waals surface area contributed by atoms with Gasteiger partial charge in [-0.15, -0.1) is 12.3 Å². The van der Waals surface area contributed by atoms with Crippen molar-refractivity contribution in [2.45, 2.75) is 46.0 Å². The highest BCUT2D eigenvalue weighted by atomic mass is 14.3. The number of hydrogen-bond acceptors (Lipinski definition) is 0. The van der Waals surface area contributed by atoms with Crippen LogP contribution in [0.1, 0.15) is 46.0 Å². The molecule has 1 fully saturated rings. The second-order valence-corrected chi connectivity index (χ2v) is 4.38. The van der Waals surface area contributed by atoms with Crippen LogP contribution in [0.25, 0.3) is 0 Å². The van der Waals surface area contributed by atoms with Crippen molar-refractivity contribution < 1.29 is 0 Å². The molecule has 0 aliphatic heterocycles. The maximum atomic E-state index is 5.43. The normalized spacial score (nSPS) is 20.1. The van der Waals surface area contributed by atoms with E-state index in [1.807, 2.05) is 0 Å². The predicted molar refractivity (Wildman–Crippen MR) is 49.2 cm³/mol. The van der Waals surface area contributed by atoms with Crippen molar-refractivity contribution in [3.8, 4) is 12.3 Å². The molecule has 0 heteroatoms. The average Bonchev–Trinajstić information content (AvgIpc) is 2.39. The monoisotopic (exact) mass is 150 g/mol. The third kappa shape index (κ3) is 2.58. The van der Waals surface area contributed by atoms with E-state index in [1.54, 1.807) is 0 Å². The van der Waals surface area contributed by atoms with Crippen LogP contribution >= 0.6 is 0 Å². The Balaban J connectivity index is 2.35. The summed E-state index contributed by atoms with van der Waals surface area (Å²) in [5, 5.41) is 0. The molecule has 0 saturated heterocycles. The van der Waals surface area contributed by atoms with Gasteiger partial charge < -0.3 is 0 Å². The molecule has 62 valence electrons. The van der Waals surface area contributed by atoms with Gasteiger partial charge in [-0.25, -0.2) is 0 Å². The molecular weight excluding hydrogens is 132 g/mol. The van der Waals surface area contributed by atoms with Gasteiger partial charge in [0.1, 0.15) is 0 Å². The van der Waals surface area contributed by atoms with E-state index < -0.39 is 0 Å². The topological polar surface area (TPSA) is 0 Å². The lowest BCUT2D eigenvalue weighted by atomic mass is 9.83. The standard InChI is InChI=1S/C11H18/c1-4-11(2,3)9-10-7-5-6-8-10/h1,10H,5-9H2,2-3H3. The predicted octanol–water partition coefficient (Wildman–Crippen LogP) is 3.23. The van der Waals surface area contributed by atoms with E-state index in [0.717, 1.165) is 5.92 Å². The molecule has 0 bridgehead atoms. The van der Waals surface area contributed by atoms with Gasteiger partial charge in [-0.3, -0.25) is 0 Å². The summed E-state index contributed by atoms with van der Waals surface area (Å²) in [4.78, 5) is 0. The molecule has 1 rings (SSSR count). The third-order valence-electron chi connectivity index (χ3n) is 2.66. The zero-order valence-electron chi connectivity index (χ0n) is 7.69. The maximum absolute atomic E-state index is 5.43. The second kappa shape index (κ2) is 3.30. The van der Waals surface area contributed by atoms with Crippen LogP contribution < -0.4 is 0 Å². The van der Waals surface area contributed by atoms with Gasteiger partial charge in [0.2, 0.25) is 0 Å². The van der Waals surface area contributed by atoms with Crippen LogP contribution in [0, 0.1) is 23.7 Å². The zero-order chi connectivity index (χ0) is 8.32. The summed E-state index contributed by atoms with van der Waals surface area (Å²) in [6.07, 6.45) is 12.3. The van der Waals surface area contributed by atoms with E-state index in [4.69, 9.17) is 6.42 Å². The third-order valence-corrected chi connectivity index (χ3v) is 2.66. The van der Waals surface area contributed by atoms with E-state index in [1.165, 1.54) is 32.1 Å². The zero-order valence-corrected chi connectivity index (χ0v) is 7.69. The highest BCUT2D eigenvalue weighted by Crippen LogP contribution is 2.34. The van der Waals surface area contributed by atoms with E-state index in [9.17, 15) is 0 Å². The second-order valence-electron chi connectivity index (χ2n) is 4.38. The van der Waals surface area contributed by atoms with Crippen molar-refractivity contribution in [1.29, 1.82) is 0 Å². The Morgan fingerprint density at radius 2 is 1.91 bits per heavy atom. The van der Waals surface area contributed by atoms with Gasteiger partial charge in [0.15, 0.2) is 0 Å². The Kier molecular flexibility index (Phi) is 2.60. The molecule has 0 aromatic carbocycles. The van der Waals surface area contributed by atoms with Gasteiger partial charge in [-0.05, 0) is 26.2 Å². The molecule has 0 N–H and O–H groups in total. The van der Waals surface area contributed by atoms with Gasteiger partial charge in [0, 0.05) is 5.41 Å². The van der Waals surface area contributed by atoms with E-state index in [0.29, 0.717) is 0 Å². The first-order valence-electron chi connectivity index (χ1n) is 4.62. The van der Waals surface area contributed by atoms with Crippen molar-refractivity contribution in [2.24, 2.45) is 11.3 Å². The Morgan fingerprint density at radius 1 is 1.36 bits per heavy atom. The van der Waals surface area contributed by atoms with Crippen LogP contribution in [0.4, 0.5) is 0 Å². The molecule has 11 heavy (non-hydrogen) atoms. The molecule has 0 atom stereocenters. The molecule has 0 heterocycles. The minimum Gasteiger partial charge on any atom is -0.120 e. The lowest BCUT2D eigenvalue weighted by molar-refractivity contribution is 0.349. The van der Waals surface area contributed by atoms with Crippen LogP contribution in [0.2, 0.25) is 0 Å². The van der Waals surface area contributed by atoms with E-state index in [-0.39, 0.29) is 5.41 Å². The summed E-state index contributed by atoms with van der Waals surface area (Å²) < 4.78 is 0. The fraction of sp³-hybridized carbons (Fsp3) is 0.818. The minimum absolute atomic E-state index is 0.134. The molecule has 0 amide bonds. The summed E-state index contributed by atoms with van der Waals surface area (Å²) >= 11 is 0. The van der Waals surface area contributed by atoms with E-state index in [2.05, 4.69) is 19.8 Å². The first-order valence-corrected chi connectivity index (χ1v) is 4.62. The highest BCUT2D eigenvalue weighted by molar-refractivity contribution is 5.01. The van der Waals surface area contributed by atoms with Crippen molar-refractivity contribution >= 4 is 0 Å². The summed E-state index contributed by atoms with van der Waals surface area (Å²) in [6.45, 7) is 4.34. The molecule has 1 aliphatic carbocycles. The Hall–Kier alpha value is -0.440. The molecule has 0 nitrogen and oxygen atoms in total. The minimum atomic E-state index is 0.134. The summed E-state index contributed by atoms with van der Waals surface area (Å²) in [6, 6.07) is 0. The van der Waals surface area contributed by atoms with Crippen LogP contribution in [0.3, 0.4) is 0 Å². The van der Waals surface area contributed by atoms with Gasteiger partial charge in [0.05, 0.1) is 0 Å². The molecule has 0 aromatic heterocycles. The van der Waals surface area contributed by atoms with Crippen molar-refractivity contribution in [2.75, 3.05) is 0 Å².